The van der Waals surface area contributed by atoms with Crippen LogP contribution in [0.2, 0.25) is 0 Å². The van der Waals surface area contributed by atoms with Gasteiger partial charge < -0.3 is 19.3 Å². The van der Waals surface area contributed by atoms with Crippen LogP contribution >= 0.6 is 7.60 Å². The molecule has 2 aromatic carbocycles. The number of ether oxygens (including phenoxy) is 2. The number of methoxy groups -OCH3 is 1. The topological polar surface area (TPSA) is 88.4 Å². The summed E-state index contributed by atoms with van der Waals surface area (Å²) in [4.78, 5) is 22.3. The van der Waals surface area contributed by atoms with Gasteiger partial charge in [0.1, 0.15) is 11.5 Å². The molecule has 0 bridgehead atoms. The van der Waals surface area contributed by atoms with E-state index in [2.05, 4.69) is 11.6 Å². The second kappa shape index (κ2) is 8.32. The van der Waals surface area contributed by atoms with Crippen molar-refractivity contribution in [2.24, 2.45) is 4.99 Å². The van der Waals surface area contributed by atoms with Crippen LogP contribution < -0.4 is 9.47 Å². The Hall–Kier alpha value is -2.40. The molecule has 0 aliphatic rings. The summed E-state index contributed by atoms with van der Waals surface area (Å²) in [6, 6.07) is 10.4. The van der Waals surface area contributed by atoms with Gasteiger partial charge in [0.15, 0.2) is 0 Å². The maximum atomic E-state index is 11.1. The van der Waals surface area contributed by atoms with E-state index in [9.17, 15) is 4.57 Å². The summed E-state index contributed by atoms with van der Waals surface area (Å²) in [6.07, 6.45) is 1.08. The Balaban J connectivity index is 2.31. The lowest BCUT2D eigenvalue weighted by molar-refractivity contribution is 0.371. The molecule has 0 saturated carbocycles. The van der Waals surface area contributed by atoms with E-state index in [0.29, 0.717) is 17.2 Å². The Morgan fingerprint density at radius 3 is 2.38 bits per heavy atom. The normalized spacial score (nSPS) is 12.0. The Morgan fingerprint density at radius 1 is 1.19 bits per heavy atom. The fourth-order valence-electron chi connectivity index (χ4n) is 2.53. The molecule has 0 aromatic heterocycles. The third kappa shape index (κ3) is 5.30. The van der Waals surface area contributed by atoms with Crippen LogP contribution in [0, 0.1) is 13.8 Å². The van der Waals surface area contributed by atoms with Gasteiger partial charge in [0.25, 0.3) is 0 Å². The highest BCUT2D eigenvalue weighted by Crippen LogP contribution is 2.39. The van der Waals surface area contributed by atoms with E-state index in [-0.39, 0.29) is 6.16 Å². The van der Waals surface area contributed by atoms with Crippen LogP contribution in [0.3, 0.4) is 0 Å². The summed E-state index contributed by atoms with van der Waals surface area (Å²) < 4.78 is 22.3. The average molecular weight is 375 g/mol. The van der Waals surface area contributed by atoms with E-state index < -0.39 is 7.60 Å². The smallest absolute Gasteiger partial charge is 0.329 e. The molecule has 2 rings (SSSR count). The number of rotatable bonds is 6. The Labute approximate surface area is 153 Å². The second-order valence-electron chi connectivity index (χ2n) is 5.82. The zero-order valence-corrected chi connectivity index (χ0v) is 15.9. The van der Waals surface area contributed by atoms with Gasteiger partial charge in [-0.1, -0.05) is 24.8 Å². The number of aliphatic imine (C=N–C) groups is 1. The van der Waals surface area contributed by atoms with Crippen molar-refractivity contribution in [3.63, 3.8) is 0 Å². The molecular weight excluding hydrogens is 353 g/mol. The average Bonchev–Trinajstić information content (AvgIpc) is 2.55. The van der Waals surface area contributed by atoms with E-state index in [1.807, 2.05) is 26.0 Å². The maximum Gasteiger partial charge on any atom is 0.329 e. The Bertz CT molecular complexity index is 868. The molecule has 2 aromatic rings. The van der Waals surface area contributed by atoms with Crippen LogP contribution in [0.5, 0.6) is 11.5 Å². The first-order valence-electron chi connectivity index (χ1n) is 7.89. The molecule has 0 unspecified atom stereocenters. The van der Waals surface area contributed by atoms with Crippen molar-refractivity contribution in [2.45, 2.75) is 20.0 Å². The first kappa shape index (κ1) is 19.9. The maximum absolute atomic E-state index is 11.1. The zero-order chi connectivity index (χ0) is 19.3. The minimum absolute atomic E-state index is 0.310. The van der Waals surface area contributed by atoms with Crippen molar-refractivity contribution >= 4 is 13.5 Å². The number of hydrogen-bond donors (Lipinski definition) is 2. The van der Waals surface area contributed by atoms with Gasteiger partial charge in [-0.3, -0.25) is 4.57 Å². The predicted molar refractivity (Wildman–Crippen MR) is 102 cm³/mol. The SMILES string of the molecule is C=C/N=C(/Oc1ccc(CP(=O)(O)O)cc1)c1cc(OC)c(C)cc1C. The van der Waals surface area contributed by atoms with Crippen LogP contribution in [-0.4, -0.2) is 22.8 Å². The van der Waals surface area contributed by atoms with Crippen LogP contribution in [0.15, 0.2) is 54.2 Å². The van der Waals surface area contributed by atoms with E-state index in [4.69, 9.17) is 19.3 Å². The number of nitrogens with zero attached hydrogens (tertiary/aromatic N) is 1. The van der Waals surface area contributed by atoms with Crippen LogP contribution in [0.4, 0.5) is 0 Å². The molecule has 26 heavy (non-hydrogen) atoms. The molecular formula is C19H22NO5P. The highest BCUT2D eigenvalue weighted by atomic mass is 31.2. The summed E-state index contributed by atoms with van der Waals surface area (Å²) in [7, 11) is -2.50. The molecule has 0 aliphatic heterocycles. The van der Waals surface area contributed by atoms with Crippen molar-refractivity contribution in [1.29, 1.82) is 0 Å². The highest BCUT2D eigenvalue weighted by Gasteiger charge is 2.15. The van der Waals surface area contributed by atoms with Crippen molar-refractivity contribution in [3.05, 3.63) is 71.4 Å². The number of aryl methyl sites for hydroxylation is 2. The van der Waals surface area contributed by atoms with E-state index >= 15 is 0 Å². The fraction of sp³-hybridized carbons (Fsp3) is 0.211. The second-order valence-corrected chi connectivity index (χ2v) is 7.47. The van der Waals surface area contributed by atoms with Crippen molar-refractivity contribution in [3.8, 4) is 11.5 Å². The van der Waals surface area contributed by atoms with Gasteiger partial charge in [-0.25, -0.2) is 4.99 Å². The third-order valence-electron chi connectivity index (χ3n) is 3.71. The molecule has 0 radical (unpaired) electrons. The first-order valence-corrected chi connectivity index (χ1v) is 9.69. The largest absolute Gasteiger partial charge is 0.496 e. The molecule has 0 aliphatic carbocycles. The van der Waals surface area contributed by atoms with E-state index in [1.165, 1.54) is 6.20 Å². The molecule has 0 heterocycles. The fourth-order valence-corrected chi connectivity index (χ4v) is 3.22. The molecule has 2 N–H and O–H groups in total. The number of hydrogen-bond acceptors (Lipinski definition) is 4. The standard InChI is InChI=1S/C19H22NO5P/c1-5-20-19(17-11-18(24-4)14(3)10-13(17)2)25-16-8-6-15(7-9-16)12-26(21,22)23/h5-11H,1,12H2,2-4H3,(H2,21,22,23)/b20-19+. The molecule has 0 saturated heterocycles. The highest BCUT2D eigenvalue weighted by molar-refractivity contribution is 7.50. The van der Waals surface area contributed by atoms with Gasteiger partial charge >= 0.3 is 7.60 Å². The van der Waals surface area contributed by atoms with Gasteiger partial charge in [-0.15, -0.1) is 0 Å². The van der Waals surface area contributed by atoms with Crippen molar-refractivity contribution in [2.75, 3.05) is 7.11 Å². The van der Waals surface area contributed by atoms with Crippen molar-refractivity contribution in [1.82, 2.24) is 0 Å². The van der Waals surface area contributed by atoms with Crippen molar-refractivity contribution < 1.29 is 23.8 Å². The molecule has 6 nitrogen and oxygen atoms in total. The summed E-state index contributed by atoms with van der Waals surface area (Å²) in [5.41, 5.74) is 3.28. The van der Waals surface area contributed by atoms with Gasteiger partial charge in [0.2, 0.25) is 5.90 Å². The lowest BCUT2D eigenvalue weighted by Crippen LogP contribution is -2.12. The van der Waals surface area contributed by atoms with Crippen LogP contribution in [0.1, 0.15) is 22.3 Å². The molecule has 7 heteroatoms. The minimum atomic E-state index is -4.10. The molecule has 0 amide bonds. The van der Waals surface area contributed by atoms with Gasteiger partial charge in [-0.05, 0) is 48.7 Å². The van der Waals surface area contributed by atoms with Gasteiger partial charge in [-0.2, -0.15) is 0 Å². The third-order valence-corrected chi connectivity index (χ3v) is 4.48. The molecule has 0 spiro atoms. The minimum Gasteiger partial charge on any atom is -0.496 e. The zero-order valence-electron chi connectivity index (χ0n) is 15.0. The molecule has 138 valence electrons. The van der Waals surface area contributed by atoms with E-state index in [0.717, 1.165) is 22.4 Å². The monoisotopic (exact) mass is 375 g/mol. The van der Waals surface area contributed by atoms with Gasteiger partial charge in [0, 0.05) is 11.8 Å². The van der Waals surface area contributed by atoms with Crippen LogP contribution in [-0.2, 0) is 10.7 Å². The summed E-state index contributed by atoms with van der Waals surface area (Å²) in [5, 5.41) is 0. The predicted octanol–water partition coefficient (Wildman–Crippen LogP) is 3.96. The van der Waals surface area contributed by atoms with Crippen LogP contribution in [0.25, 0.3) is 0 Å². The van der Waals surface area contributed by atoms with E-state index in [1.54, 1.807) is 31.4 Å². The number of benzene rings is 2. The Kier molecular flexibility index (Phi) is 6.37. The molecule has 0 fully saturated rings. The summed E-state index contributed by atoms with van der Waals surface area (Å²) in [5.74, 6) is 1.58. The lowest BCUT2D eigenvalue weighted by atomic mass is 10.0. The summed E-state index contributed by atoms with van der Waals surface area (Å²) in [6.45, 7) is 7.54. The Morgan fingerprint density at radius 2 is 1.85 bits per heavy atom. The van der Waals surface area contributed by atoms with Gasteiger partial charge in [0.05, 0.1) is 13.3 Å². The quantitative estimate of drug-likeness (QED) is 0.453. The first-order chi connectivity index (χ1) is 12.2. The summed E-state index contributed by atoms with van der Waals surface area (Å²) >= 11 is 0. The lowest BCUT2D eigenvalue weighted by Gasteiger charge is -2.14. The molecule has 0 atom stereocenters.